The summed E-state index contributed by atoms with van der Waals surface area (Å²) in [5.74, 6) is 0.00509. The Morgan fingerprint density at radius 1 is 1.67 bits per heavy atom. The van der Waals surface area contributed by atoms with Gasteiger partial charge in [0.2, 0.25) is 5.91 Å². The molecule has 1 fully saturated rings. The van der Waals surface area contributed by atoms with Crippen molar-refractivity contribution in [2.45, 2.75) is 57.7 Å². The first-order valence-corrected chi connectivity index (χ1v) is 5.58. The summed E-state index contributed by atoms with van der Waals surface area (Å²) in [5, 5.41) is 2.93. The molecule has 0 aromatic rings. The van der Waals surface area contributed by atoms with Gasteiger partial charge < -0.3 is 15.8 Å². The summed E-state index contributed by atoms with van der Waals surface area (Å²) >= 11 is 0. The number of nitrogens with one attached hydrogen (secondary N) is 1. The Balaban J connectivity index is 2.30. The second-order valence-electron chi connectivity index (χ2n) is 5.07. The Kier molecular flexibility index (Phi) is 4.11. The first-order valence-electron chi connectivity index (χ1n) is 5.58. The lowest BCUT2D eigenvalue weighted by Crippen LogP contribution is -2.45. The number of hydrogen-bond acceptors (Lipinski definition) is 3. The summed E-state index contributed by atoms with van der Waals surface area (Å²) in [7, 11) is 0. The summed E-state index contributed by atoms with van der Waals surface area (Å²) in [6, 6.07) is 0.0855. The standard InChI is InChI=1S/C11H22N2O2/c1-8(9-5-4-6-15-9)13-10(14)7-11(2,3)12/h8-9H,4-7,12H2,1-3H3,(H,13,14). The van der Waals surface area contributed by atoms with E-state index in [9.17, 15) is 4.79 Å². The summed E-state index contributed by atoms with van der Waals surface area (Å²) < 4.78 is 5.50. The van der Waals surface area contributed by atoms with E-state index in [0.717, 1.165) is 19.4 Å². The van der Waals surface area contributed by atoms with Gasteiger partial charge in [-0.25, -0.2) is 0 Å². The summed E-state index contributed by atoms with van der Waals surface area (Å²) in [4.78, 5) is 11.6. The lowest BCUT2D eigenvalue weighted by atomic mass is 10.0. The number of ether oxygens (including phenoxy) is 1. The van der Waals surface area contributed by atoms with Crippen LogP contribution in [0.5, 0.6) is 0 Å². The van der Waals surface area contributed by atoms with E-state index in [1.807, 2.05) is 20.8 Å². The zero-order valence-corrected chi connectivity index (χ0v) is 9.88. The lowest BCUT2D eigenvalue weighted by Gasteiger charge is -2.23. The Morgan fingerprint density at radius 3 is 2.80 bits per heavy atom. The van der Waals surface area contributed by atoms with Gasteiger partial charge in [-0.1, -0.05) is 0 Å². The molecule has 4 nitrogen and oxygen atoms in total. The molecule has 0 radical (unpaired) electrons. The number of hydrogen-bond donors (Lipinski definition) is 2. The molecule has 1 rings (SSSR count). The summed E-state index contributed by atoms with van der Waals surface area (Å²) in [6.45, 7) is 6.50. The smallest absolute Gasteiger partial charge is 0.222 e. The molecule has 3 N–H and O–H groups in total. The molecule has 1 aliphatic heterocycles. The van der Waals surface area contributed by atoms with Gasteiger partial charge in [-0.2, -0.15) is 0 Å². The molecule has 15 heavy (non-hydrogen) atoms. The van der Waals surface area contributed by atoms with Gasteiger partial charge in [0, 0.05) is 18.6 Å². The van der Waals surface area contributed by atoms with Gasteiger partial charge in [-0.15, -0.1) is 0 Å². The van der Waals surface area contributed by atoms with Crippen molar-refractivity contribution >= 4 is 5.91 Å². The normalized spacial score (nSPS) is 23.9. The maximum absolute atomic E-state index is 11.6. The fraction of sp³-hybridized carbons (Fsp3) is 0.909. The minimum Gasteiger partial charge on any atom is -0.376 e. The van der Waals surface area contributed by atoms with Crippen LogP contribution in [0.3, 0.4) is 0 Å². The van der Waals surface area contributed by atoms with E-state index < -0.39 is 5.54 Å². The van der Waals surface area contributed by atoms with Crippen molar-refractivity contribution in [2.75, 3.05) is 6.61 Å². The van der Waals surface area contributed by atoms with Crippen LogP contribution in [-0.4, -0.2) is 30.2 Å². The van der Waals surface area contributed by atoms with Crippen LogP contribution in [0.25, 0.3) is 0 Å². The zero-order chi connectivity index (χ0) is 11.5. The molecule has 1 saturated heterocycles. The Hall–Kier alpha value is -0.610. The average Bonchev–Trinajstić information content (AvgIpc) is 2.50. The molecule has 2 unspecified atom stereocenters. The van der Waals surface area contributed by atoms with Crippen LogP contribution in [0, 0.1) is 0 Å². The Bertz CT molecular complexity index is 217. The third kappa shape index (κ3) is 4.62. The van der Waals surface area contributed by atoms with Crippen molar-refractivity contribution in [3.63, 3.8) is 0 Å². The van der Waals surface area contributed by atoms with Gasteiger partial charge in [0.05, 0.1) is 12.1 Å². The molecular formula is C11H22N2O2. The largest absolute Gasteiger partial charge is 0.376 e. The number of carbonyl (C=O) groups is 1. The monoisotopic (exact) mass is 214 g/mol. The van der Waals surface area contributed by atoms with Crippen LogP contribution in [0.4, 0.5) is 0 Å². The fourth-order valence-corrected chi connectivity index (χ4v) is 1.81. The molecule has 0 aromatic carbocycles. The second-order valence-corrected chi connectivity index (χ2v) is 5.07. The first-order chi connectivity index (χ1) is 6.88. The van der Waals surface area contributed by atoms with Gasteiger partial charge in [0.15, 0.2) is 0 Å². The van der Waals surface area contributed by atoms with Crippen LogP contribution >= 0.6 is 0 Å². The molecule has 1 heterocycles. The zero-order valence-electron chi connectivity index (χ0n) is 9.88. The van der Waals surface area contributed by atoms with E-state index in [0.29, 0.717) is 6.42 Å². The van der Waals surface area contributed by atoms with Crippen molar-refractivity contribution in [2.24, 2.45) is 5.73 Å². The van der Waals surface area contributed by atoms with Crippen molar-refractivity contribution < 1.29 is 9.53 Å². The molecule has 1 aliphatic rings. The maximum Gasteiger partial charge on any atom is 0.222 e. The minimum absolute atomic E-state index is 0.00509. The highest BCUT2D eigenvalue weighted by Crippen LogP contribution is 2.15. The molecule has 88 valence electrons. The molecule has 1 amide bonds. The summed E-state index contributed by atoms with van der Waals surface area (Å²) in [5.41, 5.74) is 5.33. The van der Waals surface area contributed by atoms with E-state index in [4.69, 9.17) is 10.5 Å². The van der Waals surface area contributed by atoms with Gasteiger partial charge in [-0.05, 0) is 33.6 Å². The minimum atomic E-state index is -0.444. The van der Waals surface area contributed by atoms with E-state index in [1.165, 1.54) is 0 Å². The van der Waals surface area contributed by atoms with Gasteiger partial charge in [-0.3, -0.25) is 4.79 Å². The molecule has 4 heteroatoms. The third-order valence-corrected chi connectivity index (χ3v) is 2.53. The second kappa shape index (κ2) is 4.94. The van der Waals surface area contributed by atoms with Crippen LogP contribution in [0.2, 0.25) is 0 Å². The van der Waals surface area contributed by atoms with Crippen molar-refractivity contribution in [3.8, 4) is 0 Å². The van der Waals surface area contributed by atoms with Crippen LogP contribution in [0.15, 0.2) is 0 Å². The van der Waals surface area contributed by atoms with Gasteiger partial charge in [0.25, 0.3) is 0 Å². The lowest BCUT2D eigenvalue weighted by molar-refractivity contribution is -0.123. The topological polar surface area (TPSA) is 64.4 Å². The Labute approximate surface area is 91.5 Å². The van der Waals surface area contributed by atoms with Crippen molar-refractivity contribution in [1.82, 2.24) is 5.32 Å². The van der Waals surface area contributed by atoms with E-state index in [2.05, 4.69) is 5.32 Å². The van der Waals surface area contributed by atoms with Crippen molar-refractivity contribution in [3.05, 3.63) is 0 Å². The fourth-order valence-electron chi connectivity index (χ4n) is 1.81. The van der Waals surface area contributed by atoms with Crippen LogP contribution in [0.1, 0.15) is 40.0 Å². The molecule has 0 spiro atoms. The SMILES string of the molecule is CC(NC(=O)CC(C)(C)N)C1CCCO1. The van der Waals surface area contributed by atoms with E-state index in [-0.39, 0.29) is 18.1 Å². The van der Waals surface area contributed by atoms with E-state index in [1.54, 1.807) is 0 Å². The molecule has 2 atom stereocenters. The molecule has 0 aliphatic carbocycles. The number of nitrogens with two attached hydrogens (primary N) is 1. The first kappa shape index (κ1) is 12.5. The van der Waals surface area contributed by atoms with Crippen LogP contribution < -0.4 is 11.1 Å². The highest BCUT2D eigenvalue weighted by atomic mass is 16.5. The number of rotatable bonds is 4. The van der Waals surface area contributed by atoms with Gasteiger partial charge >= 0.3 is 0 Å². The number of carbonyl (C=O) groups excluding carboxylic acids is 1. The molecule has 0 bridgehead atoms. The highest BCUT2D eigenvalue weighted by molar-refractivity contribution is 5.77. The number of amides is 1. The quantitative estimate of drug-likeness (QED) is 0.727. The highest BCUT2D eigenvalue weighted by Gasteiger charge is 2.25. The molecule has 0 saturated carbocycles. The predicted molar refractivity (Wildman–Crippen MR) is 59.5 cm³/mol. The van der Waals surface area contributed by atoms with Crippen LogP contribution in [-0.2, 0) is 9.53 Å². The maximum atomic E-state index is 11.6. The molecular weight excluding hydrogens is 192 g/mol. The molecule has 0 aromatic heterocycles. The Morgan fingerprint density at radius 2 is 2.33 bits per heavy atom. The van der Waals surface area contributed by atoms with E-state index >= 15 is 0 Å². The van der Waals surface area contributed by atoms with Crippen molar-refractivity contribution in [1.29, 1.82) is 0 Å². The predicted octanol–water partition coefficient (Wildman–Crippen LogP) is 0.797. The van der Waals surface area contributed by atoms with Gasteiger partial charge in [0.1, 0.15) is 0 Å². The summed E-state index contributed by atoms with van der Waals surface area (Å²) in [6.07, 6.45) is 2.65. The third-order valence-electron chi connectivity index (χ3n) is 2.53. The average molecular weight is 214 g/mol.